The zero-order chi connectivity index (χ0) is 22.3. The number of fused-ring (bicyclic) bond motifs is 1. The summed E-state index contributed by atoms with van der Waals surface area (Å²) in [5.41, 5.74) is 4.48. The fourth-order valence-electron chi connectivity index (χ4n) is 3.76. The van der Waals surface area contributed by atoms with Crippen molar-refractivity contribution in [1.29, 1.82) is 0 Å². The first-order valence-electron chi connectivity index (χ1n) is 9.99. The van der Waals surface area contributed by atoms with Crippen LogP contribution >= 0.6 is 0 Å². The van der Waals surface area contributed by atoms with Crippen LogP contribution in [0.2, 0.25) is 0 Å². The molecule has 2 N–H and O–H groups in total. The van der Waals surface area contributed by atoms with Crippen LogP contribution < -0.4 is 10.6 Å². The Morgan fingerprint density at radius 2 is 1.81 bits per heavy atom. The molecule has 0 spiro atoms. The summed E-state index contributed by atoms with van der Waals surface area (Å²) in [4.78, 5) is 12.9. The Labute approximate surface area is 178 Å². The number of carbonyl (C=O) groups is 1. The highest BCUT2D eigenvalue weighted by atomic mass is 19.4. The van der Waals surface area contributed by atoms with Crippen LogP contribution in [0.5, 0.6) is 0 Å². The second-order valence-electron chi connectivity index (χ2n) is 8.01. The second kappa shape index (κ2) is 7.76. The smallest absolute Gasteiger partial charge is 0.363 e. The highest BCUT2D eigenvalue weighted by Crippen LogP contribution is 2.44. The SMILES string of the molecule is Cc1ccc([C@H]2C[C@@H](C(F)(F)F)n3ncc(C(=O)Nc4ccc(C)c(C)c4)c3N2)cc1. The van der Waals surface area contributed by atoms with Crippen molar-refractivity contribution in [3.05, 3.63) is 76.5 Å². The van der Waals surface area contributed by atoms with Gasteiger partial charge in [0, 0.05) is 12.1 Å². The summed E-state index contributed by atoms with van der Waals surface area (Å²) in [7, 11) is 0. The third kappa shape index (κ3) is 4.15. The van der Waals surface area contributed by atoms with E-state index in [4.69, 9.17) is 0 Å². The van der Waals surface area contributed by atoms with Gasteiger partial charge < -0.3 is 10.6 Å². The highest BCUT2D eigenvalue weighted by Gasteiger charge is 2.47. The number of alkyl halides is 3. The van der Waals surface area contributed by atoms with Crippen LogP contribution in [0.15, 0.2) is 48.7 Å². The number of amides is 1. The van der Waals surface area contributed by atoms with Gasteiger partial charge in [-0.05, 0) is 49.6 Å². The average molecular weight is 428 g/mol. The summed E-state index contributed by atoms with van der Waals surface area (Å²) in [5.74, 6) is -0.442. The van der Waals surface area contributed by atoms with Gasteiger partial charge in [0.2, 0.25) is 0 Å². The van der Waals surface area contributed by atoms with Gasteiger partial charge >= 0.3 is 6.18 Å². The molecule has 0 fully saturated rings. The lowest BCUT2D eigenvalue weighted by molar-refractivity contribution is -0.173. The standard InChI is InChI=1S/C23H23F3N4O/c1-13-4-7-16(8-5-13)19-11-20(23(24,25)26)30-21(29-19)18(12-27-30)22(31)28-17-9-6-14(2)15(3)10-17/h4-10,12,19-20,29H,11H2,1-3H3,(H,28,31)/t19-,20+/m1/s1. The fraction of sp³-hybridized carbons (Fsp3) is 0.304. The molecule has 4 rings (SSSR count). The lowest BCUT2D eigenvalue weighted by Crippen LogP contribution is -2.36. The quantitative estimate of drug-likeness (QED) is 0.561. The molecule has 0 saturated heterocycles. The lowest BCUT2D eigenvalue weighted by Gasteiger charge is -2.34. The van der Waals surface area contributed by atoms with Crippen LogP contribution in [0.1, 0.15) is 51.1 Å². The van der Waals surface area contributed by atoms with Gasteiger partial charge in [0.05, 0.1) is 12.2 Å². The van der Waals surface area contributed by atoms with Crippen LogP contribution in [0, 0.1) is 20.8 Å². The van der Waals surface area contributed by atoms with E-state index in [-0.39, 0.29) is 17.8 Å². The van der Waals surface area contributed by atoms with Gasteiger partial charge in [0.25, 0.3) is 5.91 Å². The van der Waals surface area contributed by atoms with Crippen molar-refractivity contribution < 1.29 is 18.0 Å². The molecular formula is C23H23F3N4O. The monoisotopic (exact) mass is 428 g/mol. The van der Waals surface area contributed by atoms with Gasteiger partial charge in [-0.3, -0.25) is 4.79 Å². The Balaban J connectivity index is 1.68. The number of nitrogens with zero attached hydrogens (tertiary/aromatic N) is 2. The van der Waals surface area contributed by atoms with E-state index in [1.165, 1.54) is 6.20 Å². The first kappa shape index (κ1) is 21.0. The summed E-state index contributed by atoms with van der Waals surface area (Å²) >= 11 is 0. The number of anilines is 2. The molecule has 1 amide bonds. The van der Waals surface area contributed by atoms with E-state index in [2.05, 4.69) is 15.7 Å². The maximum absolute atomic E-state index is 13.8. The fourth-order valence-corrected chi connectivity index (χ4v) is 3.76. The Hall–Kier alpha value is -3.29. The molecule has 0 aliphatic carbocycles. The number of aryl methyl sites for hydroxylation is 3. The first-order valence-corrected chi connectivity index (χ1v) is 9.99. The third-order valence-electron chi connectivity index (χ3n) is 5.73. The summed E-state index contributed by atoms with van der Waals surface area (Å²) in [6.07, 6.45) is -3.51. The van der Waals surface area contributed by atoms with E-state index in [1.54, 1.807) is 18.2 Å². The van der Waals surface area contributed by atoms with Crippen LogP contribution in [0.3, 0.4) is 0 Å². The van der Waals surface area contributed by atoms with Gasteiger partial charge in [-0.15, -0.1) is 0 Å². The minimum Gasteiger partial charge on any atom is -0.363 e. The summed E-state index contributed by atoms with van der Waals surface area (Å²) in [5, 5.41) is 9.79. The molecule has 1 aliphatic heterocycles. The molecule has 8 heteroatoms. The normalized spacial score (nSPS) is 18.3. The second-order valence-corrected chi connectivity index (χ2v) is 8.01. The lowest BCUT2D eigenvalue weighted by atomic mass is 9.96. The molecule has 2 aromatic carbocycles. The Kier molecular flexibility index (Phi) is 5.24. The zero-order valence-electron chi connectivity index (χ0n) is 17.4. The Morgan fingerprint density at radius 3 is 2.45 bits per heavy atom. The van der Waals surface area contributed by atoms with Crippen molar-refractivity contribution in [2.24, 2.45) is 0 Å². The Morgan fingerprint density at radius 1 is 1.10 bits per heavy atom. The van der Waals surface area contributed by atoms with Gasteiger partial charge in [0.1, 0.15) is 11.4 Å². The van der Waals surface area contributed by atoms with E-state index in [1.807, 2.05) is 45.0 Å². The van der Waals surface area contributed by atoms with Crippen molar-refractivity contribution in [1.82, 2.24) is 9.78 Å². The molecule has 0 unspecified atom stereocenters. The van der Waals surface area contributed by atoms with E-state index >= 15 is 0 Å². The van der Waals surface area contributed by atoms with Gasteiger partial charge in [-0.1, -0.05) is 35.9 Å². The minimum absolute atomic E-state index is 0.0699. The zero-order valence-corrected chi connectivity index (χ0v) is 17.4. The number of benzene rings is 2. The topological polar surface area (TPSA) is 59.0 Å². The molecule has 2 atom stereocenters. The van der Waals surface area contributed by atoms with Crippen molar-refractivity contribution in [2.45, 2.75) is 45.5 Å². The molecule has 0 bridgehead atoms. The minimum atomic E-state index is -4.49. The van der Waals surface area contributed by atoms with Crippen LogP contribution in [-0.2, 0) is 0 Å². The van der Waals surface area contributed by atoms with Gasteiger partial charge in [0.15, 0.2) is 6.04 Å². The predicted molar refractivity (Wildman–Crippen MR) is 113 cm³/mol. The average Bonchev–Trinajstić information content (AvgIpc) is 3.14. The number of aromatic nitrogens is 2. The maximum atomic E-state index is 13.8. The van der Waals surface area contributed by atoms with Gasteiger partial charge in [-0.2, -0.15) is 18.3 Å². The number of hydrogen-bond donors (Lipinski definition) is 2. The Bertz CT molecular complexity index is 1120. The van der Waals surface area contributed by atoms with E-state index in [0.717, 1.165) is 26.9 Å². The van der Waals surface area contributed by atoms with Gasteiger partial charge in [-0.25, -0.2) is 4.68 Å². The number of carbonyl (C=O) groups excluding carboxylic acids is 1. The predicted octanol–water partition coefficient (Wildman–Crippen LogP) is 5.72. The molecule has 0 radical (unpaired) electrons. The molecule has 31 heavy (non-hydrogen) atoms. The summed E-state index contributed by atoms with van der Waals surface area (Å²) in [6.45, 7) is 5.80. The van der Waals surface area contributed by atoms with E-state index in [9.17, 15) is 18.0 Å². The maximum Gasteiger partial charge on any atom is 0.410 e. The molecule has 3 aromatic rings. The molecular weight excluding hydrogens is 405 g/mol. The highest BCUT2D eigenvalue weighted by molar-refractivity contribution is 6.07. The largest absolute Gasteiger partial charge is 0.410 e. The van der Waals surface area contributed by atoms with Crippen molar-refractivity contribution in [3.63, 3.8) is 0 Å². The van der Waals surface area contributed by atoms with E-state index in [0.29, 0.717) is 5.69 Å². The van der Waals surface area contributed by atoms with Crippen molar-refractivity contribution in [2.75, 3.05) is 10.6 Å². The number of halogens is 3. The molecule has 1 aliphatic rings. The first-order chi connectivity index (χ1) is 14.6. The van der Waals surface area contributed by atoms with Crippen LogP contribution in [0.4, 0.5) is 24.7 Å². The summed E-state index contributed by atoms with van der Waals surface area (Å²) in [6, 6.07) is 10.4. The van der Waals surface area contributed by atoms with Crippen LogP contribution in [0.25, 0.3) is 0 Å². The van der Waals surface area contributed by atoms with Crippen molar-refractivity contribution >= 4 is 17.4 Å². The van der Waals surface area contributed by atoms with Crippen molar-refractivity contribution in [3.8, 4) is 0 Å². The summed E-state index contributed by atoms with van der Waals surface area (Å²) < 4.78 is 42.3. The molecule has 162 valence electrons. The molecule has 1 aromatic heterocycles. The number of hydrogen-bond acceptors (Lipinski definition) is 3. The van der Waals surface area contributed by atoms with E-state index < -0.39 is 24.2 Å². The molecule has 0 saturated carbocycles. The van der Waals surface area contributed by atoms with Crippen LogP contribution in [-0.4, -0.2) is 21.9 Å². The number of rotatable bonds is 3. The molecule has 5 nitrogen and oxygen atoms in total. The third-order valence-corrected chi connectivity index (χ3v) is 5.73. The molecule has 2 heterocycles. The number of nitrogens with one attached hydrogen (secondary N) is 2.